The maximum Gasteiger partial charge on any atom is 0.303 e. The first-order valence-electron chi connectivity index (χ1n) is 5.95. The lowest BCUT2D eigenvalue weighted by Gasteiger charge is -2.04. The van der Waals surface area contributed by atoms with Crippen molar-refractivity contribution >= 4 is 11.9 Å². The van der Waals surface area contributed by atoms with Crippen molar-refractivity contribution in [2.75, 3.05) is 13.1 Å². The molecular formula is C12H19N3O3. The summed E-state index contributed by atoms with van der Waals surface area (Å²) in [4.78, 5) is 21.7. The number of carbonyl (C=O) groups excluding carboxylic acids is 1. The standard InChI is InChI=1S/C12H19N3O3/c1-2-14-9-10(8-13)12(18)15-7-5-3-4-6-11(16)17/h9,14H,2-7H2,1H3,(H,15,18)(H,16,17)/b10-9-. The summed E-state index contributed by atoms with van der Waals surface area (Å²) < 4.78 is 0. The number of carboxylic acid groups (broad SMARTS) is 1. The number of aliphatic carboxylic acids is 1. The maximum atomic E-state index is 11.5. The highest BCUT2D eigenvalue weighted by Crippen LogP contribution is 1.99. The zero-order valence-electron chi connectivity index (χ0n) is 10.5. The molecule has 6 nitrogen and oxygen atoms in total. The molecule has 0 radical (unpaired) electrons. The SMILES string of the molecule is CCN/C=C(/C#N)C(=O)NCCCCCC(=O)O. The zero-order valence-corrected chi connectivity index (χ0v) is 10.5. The minimum absolute atomic E-state index is 0.0439. The molecule has 0 aromatic rings. The van der Waals surface area contributed by atoms with Gasteiger partial charge in [-0.2, -0.15) is 5.26 Å². The average molecular weight is 253 g/mol. The van der Waals surface area contributed by atoms with Gasteiger partial charge in [0, 0.05) is 25.7 Å². The van der Waals surface area contributed by atoms with Gasteiger partial charge in [-0.1, -0.05) is 6.42 Å². The second kappa shape index (κ2) is 10.1. The van der Waals surface area contributed by atoms with E-state index in [4.69, 9.17) is 10.4 Å². The van der Waals surface area contributed by atoms with Gasteiger partial charge in [-0.15, -0.1) is 0 Å². The van der Waals surface area contributed by atoms with Crippen LogP contribution in [-0.4, -0.2) is 30.1 Å². The van der Waals surface area contributed by atoms with E-state index in [0.29, 0.717) is 25.9 Å². The van der Waals surface area contributed by atoms with E-state index in [9.17, 15) is 9.59 Å². The molecule has 100 valence electrons. The summed E-state index contributed by atoms with van der Waals surface area (Å²) in [5.41, 5.74) is 0.0439. The van der Waals surface area contributed by atoms with Crippen molar-refractivity contribution in [2.24, 2.45) is 0 Å². The summed E-state index contributed by atoms with van der Waals surface area (Å²) in [7, 11) is 0. The van der Waals surface area contributed by atoms with E-state index in [1.54, 1.807) is 0 Å². The second-order valence-corrected chi connectivity index (χ2v) is 3.69. The van der Waals surface area contributed by atoms with Gasteiger partial charge in [-0.25, -0.2) is 0 Å². The molecule has 0 unspecified atom stereocenters. The molecule has 3 N–H and O–H groups in total. The van der Waals surface area contributed by atoms with Gasteiger partial charge in [0.1, 0.15) is 11.6 Å². The molecule has 0 aliphatic carbocycles. The van der Waals surface area contributed by atoms with E-state index in [2.05, 4.69) is 10.6 Å². The van der Waals surface area contributed by atoms with Crippen LogP contribution in [0.3, 0.4) is 0 Å². The number of nitriles is 1. The fourth-order valence-electron chi connectivity index (χ4n) is 1.23. The highest BCUT2D eigenvalue weighted by Gasteiger charge is 2.07. The highest BCUT2D eigenvalue weighted by molar-refractivity contribution is 5.97. The molecule has 0 spiro atoms. The lowest BCUT2D eigenvalue weighted by Crippen LogP contribution is -2.26. The second-order valence-electron chi connectivity index (χ2n) is 3.69. The van der Waals surface area contributed by atoms with Crippen molar-refractivity contribution in [3.05, 3.63) is 11.8 Å². The third-order valence-corrected chi connectivity index (χ3v) is 2.17. The molecule has 18 heavy (non-hydrogen) atoms. The van der Waals surface area contributed by atoms with Gasteiger partial charge < -0.3 is 15.7 Å². The Labute approximate surface area is 107 Å². The minimum atomic E-state index is -0.806. The van der Waals surface area contributed by atoms with E-state index < -0.39 is 11.9 Å². The Balaban J connectivity index is 3.76. The molecule has 0 bridgehead atoms. The van der Waals surface area contributed by atoms with Crippen molar-refractivity contribution in [3.8, 4) is 6.07 Å². The third-order valence-electron chi connectivity index (χ3n) is 2.17. The molecule has 0 rings (SSSR count). The molecule has 0 saturated carbocycles. The Morgan fingerprint density at radius 2 is 2.06 bits per heavy atom. The molecule has 6 heteroatoms. The Morgan fingerprint density at radius 1 is 1.33 bits per heavy atom. The Hall–Kier alpha value is -2.03. The van der Waals surface area contributed by atoms with E-state index in [1.807, 2.05) is 13.0 Å². The number of rotatable bonds is 9. The molecule has 0 aliphatic rings. The molecule has 0 fully saturated rings. The first kappa shape index (κ1) is 16.0. The van der Waals surface area contributed by atoms with Crippen LogP contribution in [0.5, 0.6) is 0 Å². The number of carbonyl (C=O) groups is 2. The molecule has 0 heterocycles. The van der Waals surface area contributed by atoms with E-state index in [1.165, 1.54) is 6.20 Å². The van der Waals surface area contributed by atoms with Crippen molar-refractivity contribution < 1.29 is 14.7 Å². The molecule has 0 saturated heterocycles. The highest BCUT2D eigenvalue weighted by atomic mass is 16.4. The number of hydrogen-bond acceptors (Lipinski definition) is 4. The van der Waals surface area contributed by atoms with E-state index in [0.717, 1.165) is 6.42 Å². The number of carboxylic acids is 1. The lowest BCUT2D eigenvalue weighted by atomic mass is 10.2. The molecule has 0 atom stereocenters. The summed E-state index contributed by atoms with van der Waals surface area (Å²) in [6.45, 7) is 2.96. The Morgan fingerprint density at radius 3 is 2.61 bits per heavy atom. The van der Waals surface area contributed by atoms with Crippen LogP contribution >= 0.6 is 0 Å². The monoisotopic (exact) mass is 253 g/mol. The fourth-order valence-corrected chi connectivity index (χ4v) is 1.23. The van der Waals surface area contributed by atoms with Crippen molar-refractivity contribution in [2.45, 2.75) is 32.6 Å². The molecule has 0 aliphatic heterocycles. The lowest BCUT2D eigenvalue weighted by molar-refractivity contribution is -0.137. The Kier molecular flexibility index (Phi) is 9.00. The molecule has 0 aromatic carbocycles. The molecular weight excluding hydrogens is 234 g/mol. The van der Waals surface area contributed by atoms with Crippen LogP contribution in [0, 0.1) is 11.3 Å². The predicted molar refractivity (Wildman–Crippen MR) is 66.5 cm³/mol. The number of nitrogens with zero attached hydrogens (tertiary/aromatic N) is 1. The van der Waals surface area contributed by atoms with Gasteiger partial charge in [0.05, 0.1) is 0 Å². The smallest absolute Gasteiger partial charge is 0.303 e. The summed E-state index contributed by atoms with van der Waals surface area (Å²) in [5.74, 6) is -1.21. The first-order chi connectivity index (χ1) is 8.61. The van der Waals surface area contributed by atoms with Crippen LogP contribution < -0.4 is 10.6 Å². The van der Waals surface area contributed by atoms with Gasteiger partial charge >= 0.3 is 5.97 Å². The summed E-state index contributed by atoms with van der Waals surface area (Å²) in [5, 5.41) is 22.6. The van der Waals surface area contributed by atoms with Gasteiger partial charge in [-0.3, -0.25) is 9.59 Å². The number of nitrogens with one attached hydrogen (secondary N) is 2. The molecule has 1 amide bonds. The van der Waals surface area contributed by atoms with Crippen LogP contribution in [0.25, 0.3) is 0 Å². The summed E-state index contributed by atoms with van der Waals surface area (Å²) in [6.07, 6.45) is 3.59. The maximum absolute atomic E-state index is 11.5. The van der Waals surface area contributed by atoms with E-state index in [-0.39, 0.29) is 12.0 Å². The van der Waals surface area contributed by atoms with Gasteiger partial charge in [0.2, 0.25) is 0 Å². The van der Waals surface area contributed by atoms with Crippen LogP contribution in [-0.2, 0) is 9.59 Å². The van der Waals surface area contributed by atoms with Crippen molar-refractivity contribution in [1.29, 1.82) is 5.26 Å². The fraction of sp³-hybridized carbons (Fsp3) is 0.583. The van der Waals surface area contributed by atoms with Gasteiger partial charge in [0.15, 0.2) is 0 Å². The topological polar surface area (TPSA) is 102 Å². The number of hydrogen-bond donors (Lipinski definition) is 3. The average Bonchev–Trinajstić information content (AvgIpc) is 2.34. The van der Waals surface area contributed by atoms with Crippen molar-refractivity contribution in [3.63, 3.8) is 0 Å². The van der Waals surface area contributed by atoms with Gasteiger partial charge in [0.25, 0.3) is 5.91 Å². The minimum Gasteiger partial charge on any atom is -0.481 e. The summed E-state index contributed by atoms with van der Waals surface area (Å²) in [6, 6.07) is 1.81. The van der Waals surface area contributed by atoms with Gasteiger partial charge in [-0.05, 0) is 19.8 Å². The van der Waals surface area contributed by atoms with E-state index >= 15 is 0 Å². The quantitative estimate of drug-likeness (QED) is 0.320. The Bertz CT molecular complexity index is 345. The van der Waals surface area contributed by atoms with Crippen LogP contribution in [0.15, 0.2) is 11.8 Å². The molecule has 0 aromatic heterocycles. The number of unbranched alkanes of at least 4 members (excludes halogenated alkanes) is 2. The van der Waals surface area contributed by atoms with Crippen LogP contribution in [0.2, 0.25) is 0 Å². The van der Waals surface area contributed by atoms with Crippen LogP contribution in [0.1, 0.15) is 32.6 Å². The largest absolute Gasteiger partial charge is 0.481 e. The zero-order chi connectivity index (χ0) is 13.8. The normalized spacial score (nSPS) is 10.6. The van der Waals surface area contributed by atoms with Crippen molar-refractivity contribution in [1.82, 2.24) is 10.6 Å². The third kappa shape index (κ3) is 8.16. The predicted octanol–water partition coefficient (Wildman–Crippen LogP) is 0.765. The number of amides is 1. The van der Waals surface area contributed by atoms with Crippen LogP contribution in [0.4, 0.5) is 0 Å². The summed E-state index contributed by atoms with van der Waals surface area (Å²) >= 11 is 0. The first-order valence-corrected chi connectivity index (χ1v) is 5.95.